The Hall–Kier alpha value is -2.44. The molecular weight excluding hydrogens is 390 g/mol. The second-order valence-electron chi connectivity index (χ2n) is 9.81. The molecule has 1 N–H and O–H groups in total. The number of piperazine rings is 1. The molecule has 1 aromatic heterocycles. The van der Waals surface area contributed by atoms with Crippen molar-refractivity contribution in [2.45, 2.75) is 39.3 Å². The van der Waals surface area contributed by atoms with Crippen molar-refractivity contribution in [2.24, 2.45) is 10.8 Å². The van der Waals surface area contributed by atoms with Crippen molar-refractivity contribution in [1.29, 1.82) is 0 Å². The highest BCUT2D eigenvalue weighted by molar-refractivity contribution is 5.94. The molecule has 6 heteroatoms. The first kappa shape index (κ1) is 21.8. The van der Waals surface area contributed by atoms with Crippen LogP contribution in [0.1, 0.15) is 43.6 Å². The SMILES string of the molecule is COC(=O)c1cccnc1N1CCN(C2C(C)(C)C(O)(c3ccccc3)C2(C)C)CC1. The number of hydrogen-bond donors (Lipinski definition) is 1. The summed E-state index contributed by atoms with van der Waals surface area (Å²) in [7, 11) is 1.39. The second kappa shape index (κ2) is 7.61. The fraction of sp³-hybridized carbons (Fsp3) is 0.520. The summed E-state index contributed by atoms with van der Waals surface area (Å²) in [6.07, 6.45) is 1.71. The molecule has 0 bridgehead atoms. The number of nitrogens with zero attached hydrogens (tertiary/aromatic N) is 3. The Kier molecular flexibility index (Phi) is 5.34. The molecule has 2 aliphatic rings. The van der Waals surface area contributed by atoms with Gasteiger partial charge in [-0.15, -0.1) is 0 Å². The molecule has 0 spiro atoms. The number of rotatable bonds is 4. The summed E-state index contributed by atoms with van der Waals surface area (Å²) < 4.78 is 4.93. The maximum absolute atomic E-state index is 12.2. The Morgan fingerprint density at radius 3 is 2.19 bits per heavy atom. The second-order valence-corrected chi connectivity index (χ2v) is 9.81. The van der Waals surface area contributed by atoms with Crippen molar-refractivity contribution in [2.75, 3.05) is 38.2 Å². The van der Waals surface area contributed by atoms with E-state index >= 15 is 0 Å². The van der Waals surface area contributed by atoms with E-state index in [9.17, 15) is 9.90 Å². The minimum absolute atomic E-state index is 0.233. The van der Waals surface area contributed by atoms with E-state index in [1.807, 2.05) is 30.3 Å². The Labute approximate surface area is 184 Å². The quantitative estimate of drug-likeness (QED) is 0.761. The van der Waals surface area contributed by atoms with Crippen molar-refractivity contribution in [3.63, 3.8) is 0 Å². The zero-order valence-corrected chi connectivity index (χ0v) is 19.1. The van der Waals surface area contributed by atoms with Gasteiger partial charge in [0.2, 0.25) is 0 Å². The normalized spacial score (nSPS) is 27.4. The maximum atomic E-state index is 12.2. The van der Waals surface area contributed by atoms with Crippen molar-refractivity contribution >= 4 is 11.8 Å². The molecule has 1 aromatic carbocycles. The summed E-state index contributed by atoms with van der Waals surface area (Å²) >= 11 is 0. The van der Waals surface area contributed by atoms with E-state index in [1.165, 1.54) is 7.11 Å². The molecular formula is C25H33N3O3. The number of esters is 1. The lowest BCUT2D eigenvalue weighted by Crippen LogP contribution is -2.79. The van der Waals surface area contributed by atoms with E-state index in [0.717, 1.165) is 31.7 Å². The van der Waals surface area contributed by atoms with Gasteiger partial charge in [0.25, 0.3) is 0 Å². The van der Waals surface area contributed by atoms with Crippen LogP contribution < -0.4 is 4.90 Å². The summed E-state index contributed by atoms with van der Waals surface area (Å²) in [5.74, 6) is 0.321. The summed E-state index contributed by atoms with van der Waals surface area (Å²) in [6.45, 7) is 11.9. The van der Waals surface area contributed by atoms with Gasteiger partial charge in [-0.3, -0.25) is 4.90 Å². The fourth-order valence-electron chi connectivity index (χ4n) is 6.50. The molecule has 0 amide bonds. The van der Waals surface area contributed by atoms with Crippen LogP contribution in [0.25, 0.3) is 0 Å². The van der Waals surface area contributed by atoms with Crippen LogP contribution in [0.2, 0.25) is 0 Å². The largest absolute Gasteiger partial charge is 0.465 e. The predicted molar refractivity (Wildman–Crippen MR) is 121 cm³/mol. The van der Waals surface area contributed by atoms with Gasteiger partial charge in [-0.25, -0.2) is 9.78 Å². The summed E-state index contributed by atoms with van der Waals surface area (Å²) in [6, 6.07) is 13.8. The number of anilines is 1. The molecule has 1 aliphatic carbocycles. The Morgan fingerprint density at radius 2 is 1.61 bits per heavy atom. The van der Waals surface area contributed by atoms with Crippen molar-refractivity contribution in [3.05, 3.63) is 59.8 Å². The highest BCUT2D eigenvalue weighted by atomic mass is 16.5. The van der Waals surface area contributed by atoms with Gasteiger partial charge in [-0.05, 0) is 17.7 Å². The number of hydrogen-bond acceptors (Lipinski definition) is 6. The number of carbonyl (C=O) groups excluding carboxylic acids is 1. The lowest BCUT2D eigenvalue weighted by Gasteiger charge is -2.72. The smallest absolute Gasteiger partial charge is 0.341 e. The molecule has 2 heterocycles. The standard InChI is InChI=1S/C25H33N3O3/c1-23(2)22(24(3,4)25(23,30)18-10-7-6-8-11-18)28-16-14-27(15-17-28)20-19(21(29)31-5)12-9-13-26-20/h6-13,22,30H,14-17H2,1-5H3. The Morgan fingerprint density at radius 1 is 1.00 bits per heavy atom. The topological polar surface area (TPSA) is 65.9 Å². The van der Waals surface area contributed by atoms with Gasteiger partial charge in [-0.2, -0.15) is 0 Å². The van der Waals surface area contributed by atoms with Crippen molar-refractivity contribution in [1.82, 2.24) is 9.88 Å². The van der Waals surface area contributed by atoms with Gasteiger partial charge < -0.3 is 14.7 Å². The number of benzene rings is 1. The molecule has 1 saturated carbocycles. The number of methoxy groups -OCH3 is 1. The first-order valence-electron chi connectivity index (χ1n) is 11.0. The lowest BCUT2D eigenvalue weighted by atomic mass is 9.39. The van der Waals surface area contributed by atoms with Crippen LogP contribution in [0.5, 0.6) is 0 Å². The van der Waals surface area contributed by atoms with Crippen LogP contribution in [-0.4, -0.2) is 60.3 Å². The molecule has 0 atom stereocenters. The maximum Gasteiger partial charge on any atom is 0.341 e. The minimum Gasteiger partial charge on any atom is -0.465 e. The molecule has 2 fully saturated rings. The van der Waals surface area contributed by atoms with Gasteiger partial charge in [0.15, 0.2) is 0 Å². The third-order valence-corrected chi connectivity index (χ3v) is 7.59. The lowest BCUT2D eigenvalue weighted by molar-refractivity contribution is -0.307. The third kappa shape index (κ3) is 3.07. The molecule has 1 saturated heterocycles. The number of carbonyl (C=O) groups is 1. The van der Waals surface area contributed by atoms with Gasteiger partial charge in [0, 0.05) is 49.2 Å². The van der Waals surface area contributed by atoms with E-state index in [0.29, 0.717) is 11.4 Å². The van der Waals surface area contributed by atoms with Gasteiger partial charge in [0.05, 0.1) is 7.11 Å². The number of aliphatic hydroxyl groups is 1. The predicted octanol–water partition coefficient (Wildman–Crippen LogP) is 3.31. The number of ether oxygens (including phenoxy) is 1. The number of aromatic nitrogens is 1. The van der Waals surface area contributed by atoms with Crippen molar-refractivity contribution < 1.29 is 14.6 Å². The number of pyridine rings is 1. The Bertz CT molecular complexity index is 933. The van der Waals surface area contributed by atoms with Crippen molar-refractivity contribution in [3.8, 4) is 0 Å². The molecule has 2 aromatic rings. The van der Waals surface area contributed by atoms with E-state index in [1.54, 1.807) is 18.3 Å². The van der Waals surface area contributed by atoms with Gasteiger partial charge in [-0.1, -0.05) is 58.0 Å². The Balaban J connectivity index is 1.53. The van der Waals surface area contributed by atoms with Crippen LogP contribution in [0, 0.1) is 10.8 Å². The van der Waals surface area contributed by atoms with Crippen LogP contribution in [0.4, 0.5) is 5.82 Å². The van der Waals surface area contributed by atoms with E-state index in [4.69, 9.17) is 4.74 Å². The van der Waals surface area contributed by atoms with E-state index in [-0.39, 0.29) is 22.8 Å². The molecule has 1 aliphatic heterocycles. The minimum atomic E-state index is -0.901. The molecule has 4 rings (SSSR count). The molecule has 0 unspecified atom stereocenters. The zero-order chi connectivity index (χ0) is 22.4. The van der Waals surface area contributed by atoms with Crippen LogP contribution in [0.15, 0.2) is 48.7 Å². The fourth-order valence-corrected chi connectivity index (χ4v) is 6.50. The molecule has 31 heavy (non-hydrogen) atoms. The average Bonchev–Trinajstić information content (AvgIpc) is 2.78. The van der Waals surface area contributed by atoms with E-state index < -0.39 is 5.60 Å². The zero-order valence-electron chi connectivity index (χ0n) is 19.1. The van der Waals surface area contributed by atoms with Gasteiger partial charge in [0.1, 0.15) is 17.0 Å². The van der Waals surface area contributed by atoms with E-state index in [2.05, 4.69) is 42.5 Å². The van der Waals surface area contributed by atoms with Gasteiger partial charge >= 0.3 is 5.97 Å². The first-order chi connectivity index (χ1) is 14.7. The summed E-state index contributed by atoms with van der Waals surface area (Å²) in [4.78, 5) is 21.3. The molecule has 0 radical (unpaired) electrons. The molecule has 6 nitrogen and oxygen atoms in total. The highest BCUT2D eigenvalue weighted by Crippen LogP contribution is 2.68. The molecule has 166 valence electrons. The first-order valence-corrected chi connectivity index (χ1v) is 11.0. The van der Waals surface area contributed by atoms with Crippen LogP contribution in [0.3, 0.4) is 0 Å². The summed E-state index contributed by atoms with van der Waals surface area (Å²) in [5.41, 5.74) is -0.0238. The monoisotopic (exact) mass is 423 g/mol. The van der Waals surface area contributed by atoms with Crippen LogP contribution >= 0.6 is 0 Å². The van der Waals surface area contributed by atoms with Crippen LogP contribution in [-0.2, 0) is 10.3 Å². The average molecular weight is 424 g/mol. The highest BCUT2D eigenvalue weighted by Gasteiger charge is 2.73. The third-order valence-electron chi connectivity index (χ3n) is 7.59. The summed E-state index contributed by atoms with van der Waals surface area (Å²) in [5, 5.41) is 11.9.